The quantitative estimate of drug-likeness (QED) is 0.654. The van der Waals surface area contributed by atoms with Crippen LogP contribution < -0.4 is 11.1 Å². The SMILES string of the molecule is Cc1cc(C)n(CCCNc2c(F)cc(N)cc2F)n1. The number of nitrogen functional groups attached to an aromatic ring is 1. The summed E-state index contributed by atoms with van der Waals surface area (Å²) < 4.78 is 28.9. The molecule has 6 heteroatoms. The molecule has 2 aromatic rings. The summed E-state index contributed by atoms with van der Waals surface area (Å²) in [7, 11) is 0. The fraction of sp³-hybridized carbons (Fsp3) is 0.357. The van der Waals surface area contributed by atoms with Gasteiger partial charge in [0.15, 0.2) is 11.6 Å². The maximum Gasteiger partial charge on any atom is 0.151 e. The minimum Gasteiger partial charge on any atom is -0.399 e. The van der Waals surface area contributed by atoms with Crippen molar-refractivity contribution in [3.05, 3.63) is 41.2 Å². The Morgan fingerprint density at radius 1 is 1.20 bits per heavy atom. The number of benzene rings is 1. The number of nitrogens with one attached hydrogen (secondary N) is 1. The van der Waals surface area contributed by atoms with Gasteiger partial charge >= 0.3 is 0 Å². The Balaban J connectivity index is 1.89. The summed E-state index contributed by atoms with van der Waals surface area (Å²) >= 11 is 0. The number of hydrogen-bond acceptors (Lipinski definition) is 3. The number of nitrogens with zero attached hydrogens (tertiary/aromatic N) is 2. The first-order valence-electron chi connectivity index (χ1n) is 6.47. The Labute approximate surface area is 116 Å². The number of nitrogens with two attached hydrogens (primary N) is 1. The lowest BCUT2D eigenvalue weighted by atomic mass is 10.2. The van der Waals surface area contributed by atoms with Crippen molar-refractivity contribution in [1.29, 1.82) is 0 Å². The van der Waals surface area contributed by atoms with Crippen LogP contribution in [0, 0.1) is 25.5 Å². The molecule has 0 spiro atoms. The highest BCUT2D eigenvalue weighted by atomic mass is 19.1. The first-order chi connectivity index (χ1) is 9.47. The van der Waals surface area contributed by atoms with Gasteiger partial charge in [0.25, 0.3) is 0 Å². The molecule has 4 nitrogen and oxygen atoms in total. The predicted molar refractivity (Wildman–Crippen MR) is 75.6 cm³/mol. The first-order valence-corrected chi connectivity index (χ1v) is 6.47. The molecule has 0 radical (unpaired) electrons. The third kappa shape index (κ3) is 3.26. The fourth-order valence-corrected chi connectivity index (χ4v) is 2.11. The zero-order valence-electron chi connectivity index (χ0n) is 11.6. The summed E-state index contributed by atoms with van der Waals surface area (Å²) in [5, 5.41) is 7.08. The molecule has 20 heavy (non-hydrogen) atoms. The summed E-state index contributed by atoms with van der Waals surface area (Å²) in [5.74, 6) is -1.35. The maximum absolute atomic E-state index is 13.5. The van der Waals surface area contributed by atoms with Crippen LogP contribution >= 0.6 is 0 Å². The van der Waals surface area contributed by atoms with Gasteiger partial charge in [-0.1, -0.05) is 0 Å². The van der Waals surface area contributed by atoms with Gasteiger partial charge in [0.2, 0.25) is 0 Å². The number of hydrogen-bond donors (Lipinski definition) is 2. The third-order valence-electron chi connectivity index (χ3n) is 3.02. The molecule has 0 bridgehead atoms. The lowest BCUT2D eigenvalue weighted by Gasteiger charge is -2.10. The van der Waals surface area contributed by atoms with Crippen molar-refractivity contribution in [2.45, 2.75) is 26.8 Å². The number of aromatic nitrogens is 2. The molecule has 0 atom stereocenters. The average molecular weight is 280 g/mol. The molecule has 3 N–H and O–H groups in total. The predicted octanol–water partition coefficient (Wildman–Crippen LogP) is 2.86. The minimum absolute atomic E-state index is 0.0770. The zero-order chi connectivity index (χ0) is 14.7. The standard InChI is InChI=1S/C14H18F2N4/c1-9-6-10(2)20(19-9)5-3-4-18-14-12(15)7-11(17)8-13(14)16/h6-8,18H,3-5,17H2,1-2H3. The van der Waals surface area contributed by atoms with E-state index >= 15 is 0 Å². The van der Waals surface area contributed by atoms with Crippen molar-refractivity contribution in [2.75, 3.05) is 17.6 Å². The monoisotopic (exact) mass is 280 g/mol. The van der Waals surface area contributed by atoms with Gasteiger partial charge < -0.3 is 11.1 Å². The first kappa shape index (κ1) is 14.3. The molecule has 108 valence electrons. The Kier molecular flexibility index (Phi) is 4.22. The van der Waals surface area contributed by atoms with E-state index in [1.165, 1.54) is 0 Å². The van der Waals surface area contributed by atoms with E-state index in [0.717, 1.165) is 23.5 Å². The number of anilines is 2. The van der Waals surface area contributed by atoms with Gasteiger partial charge in [0.05, 0.1) is 5.69 Å². The smallest absolute Gasteiger partial charge is 0.151 e. The second-order valence-corrected chi connectivity index (χ2v) is 4.79. The molecule has 0 saturated carbocycles. The number of aryl methyl sites for hydroxylation is 3. The summed E-state index contributed by atoms with van der Waals surface area (Å²) in [5.41, 5.74) is 7.34. The van der Waals surface area contributed by atoms with Gasteiger partial charge in [-0.3, -0.25) is 4.68 Å². The van der Waals surface area contributed by atoms with Crippen LogP contribution in [0.5, 0.6) is 0 Å². The van der Waals surface area contributed by atoms with Gasteiger partial charge in [-0.05, 0) is 38.5 Å². The summed E-state index contributed by atoms with van der Waals surface area (Å²) in [6.07, 6.45) is 0.714. The molecule has 2 rings (SSSR count). The molecule has 0 aliphatic heterocycles. The average Bonchev–Trinajstić information content (AvgIpc) is 2.65. The molecule has 1 heterocycles. The van der Waals surface area contributed by atoms with Crippen LogP contribution in [0.25, 0.3) is 0 Å². The number of rotatable bonds is 5. The van der Waals surface area contributed by atoms with Crippen LogP contribution in [0.4, 0.5) is 20.2 Å². The van der Waals surface area contributed by atoms with E-state index in [2.05, 4.69) is 10.4 Å². The lowest BCUT2D eigenvalue weighted by Crippen LogP contribution is -2.11. The molecule has 0 unspecified atom stereocenters. The Morgan fingerprint density at radius 2 is 1.85 bits per heavy atom. The molecular formula is C14H18F2N4. The van der Waals surface area contributed by atoms with Crippen LogP contribution in [0.2, 0.25) is 0 Å². The molecular weight excluding hydrogens is 262 g/mol. The van der Waals surface area contributed by atoms with Crippen molar-refractivity contribution in [3.8, 4) is 0 Å². The number of halogens is 2. The van der Waals surface area contributed by atoms with Crippen LogP contribution in [-0.4, -0.2) is 16.3 Å². The Morgan fingerprint density at radius 3 is 2.40 bits per heavy atom. The molecule has 0 saturated heterocycles. The van der Waals surface area contributed by atoms with Crippen molar-refractivity contribution < 1.29 is 8.78 Å². The van der Waals surface area contributed by atoms with Gasteiger partial charge in [-0.25, -0.2) is 8.78 Å². The highest BCUT2D eigenvalue weighted by Gasteiger charge is 2.09. The second-order valence-electron chi connectivity index (χ2n) is 4.79. The topological polar surface area (TPSA) is 55.9 Å². The van der Waals surface area contributed by atoms with Crippen LogP contribution in [-0.2, 0) is 6.54 Å². The van der Waals surface area contributed by atoms with Crippen molar-refractivity contribution in [3.63, 3.8) is 0 Å². The molecule has 0 aliphatic rings. The summed E-state index contributed by atoms with van der Waals surface area (Å²) in [6.45, 7) is 5.06. The minimum atomic E-state index is -0.673. The lowest BCUT2D eigenvalue weighted by molar-refractivity contribution is 0.565. The van der Waals surface area contributed by atoms with Crippen LogP contribution in [0.15, 0.2) is 18.2 Å². The molecule has 0 aliphatic carbocycles. The van der Waals surface area contributed by atoms with Gasteiger partial charge in [-0.2, -0.15) is 5.10 Å². The van der Waals surface area contributed by atoms with E-state index < -0.39 is 11.6 Å². The van der Waals surface area contributed by atoms with Gasteiger partial charge in [0, 0.05) is 24.5 Å². The largest absolute Gasteiger partial charge is 0.399 e. The van der Waals surface area contributed by atoms with Crippen LogP contribution in [0.3, 0.4) is 0 Å². The van der Waals surface area contributed by atoms with E-state index in [1.54, 1.807) is 0 Å². The Bertz CT molecular complexity index is 584. The van der Waals surface area contributed by atoms with Gasteiger partial charge in [0.1, 0.15) is 5.69 Å². The summed E-state index contributed by atoms with van der Waals surface area (Å²) in [4.78, 5) is 0. The van der Waals surface area contributed by atoms with Crippen LogP contribution in [0.1, 0.15) is 17.8 Å². The molecule has 1 aromatic carbocycles. The highest BCUT2D eigenvalue weighted by Crippen LogP contribution is 2.21. The summed E-state index contributed by atoms with van der Waals surface area (Å²) in [6, 6.07) is 4.20. The Hall–Kier alpha value is -2.11. The van der Waals surface area contributed by atoms with Crippen molar-refractivity contribution >= 4 is 11.4 Å². The molecule has 0 amide bonds. The normalized spacial score (nSPS) is 10.8. The van der Waals surface area contributed by atoms with E-state index in [-0.39, 0.29) is 11.4 Å². The second kappa shape index (κ2) is 5.90. The zero-order valence-corrected chi connectivity index (χ0v) is 11.6. The van der Waals surface area contributed by atoms with E-state index in [0.29, 0.717) is 19.5 Å². The van der Waals surface area contributed by atoms with E-state index in [1.807, 2.05) is 24.6 Å². The van der Waals surface area contributed by atoms with Crippen molar-refractivity contribution in [1.82, 2.24) is 9.78 Å². The third-order valence-corrected chi connectivity index (χ3v) is 3.02. The highest BCUT2D eigenvalue weighted by molar-refractivity contribution is 5.53. The van der Waals surface area contributed by atoms with E-state index in [4.69, 9.17) is 5.73 Å². The van der Waals surface area contributed by atoms with E-state index in [9.17, 15) is 8.78 Å². The van der Waals surface area contributed by atoms with Crippen molar-refractivity contribution in [2.24, 2.45) is 0 Å². The maximum atomic E-state index is 13.5. The molecule has 0 fully saturated rings. The molecule has 1 aromatic heterocycles. The fourth-order valence-electron chi connectivity index (χ4n) is 2.11. The van der Waals surface area contributed by atoms with Gasteiger partial charge in [-0.15, -0.1) is 0 Å².